The van der Waals surface area contributed by atoms with Gasteiger partial charge in [0, 0.05) is 31.3 Å². The number of carbonyl (C=O) groups excluding carboxylic acids is 1. The average molecular weight is 318 g/mol. The van der Waals surface area contributed by atoms with Crippen molar-refractivity contribution in [2.24, 2.45) is 11.8 Å². The van der Waals surface area contributed by atoms with Crippen LogP contribution in [0.3, 0.4) is 0 Å². The number of hydrogen-bond acceptors (Lipinski definition) is 4. The third kappa shape index (κ3) is 3.77. The van der Waals surface area contributed by atoms with E-state index in [1.807, 2.05) is 0 Å². The minimum absolute atomic E-state index is 0.000621. The highest BCUT2D eigenvalue weighted by molar-refractivity contribution is 7.09. The Hall–Kier alpha value is -1.08. The maximum atomic E-state index is 13.5. The highest BCUT2D eigenvalue weighted by atomic mass is 32.1. The number of thiazole rings is 1. The van der Waals surface area contributed by atoms with Crippen molar-refractivity contribution in [1.29, 1.82) is 0 Å². The second kappa shape index (κ2) is 6.36. The van der Waals surface area contributed by atoms with Gasteiger partial charge < -0.3 is 10.0 Å². The monoisotopic (exact) mass is 318 g/mol. The fraction of sp³-hybridized carbons (Fsp3) is 0.714. The van der Waals surface area contributed by atoms with Gasteiger partial charge >= 0.3 is 0 Å². The zero-order valence-corrected chi connectivity index (χ0v) is 13.0. The van der Waals surface area contributed by atoms with Gasteiger partial charge in [0.15, 0.2) is 0 Å². The average Bonchev–Trinajstić information content (AvgIpc) is 2.85. The molecule has 1 N–H and O–H groups in total. The molecule has 1 unspecified atom stereocenters. The van der Waals surface area contributed by atoms with Crippen molar-refractivity contribution in [2.45, 2.75) is 32.6 Å². The molecule has 2 heterocycles. The number of amides is 1. The van der Waals surface area contributed by atoms with Crippen LogP contribution in [0.1, 0.15) is 35.8 Å². The number of alkyl halides is 2. The number of aliphatic hydroxyl groups is 1. The Morgan fingerprint density at radius 1 is 1.62 bits per heavy atom. The number of piperidine rings is 1. The van der Waals surface area contributed by atoms with E-state index in [1.165, 1.54) is 16.2 Å². The van der Waals surface area contributed by atoms with E-state index < -0.39 is 24.9 Å². The van der Waals surface area contributed by atoms with Crippen molar-refractivity contribution in [2.75, 3.05) is 19.7 Å². The summed E-state index contributed by atoms with van der Waals surface area (Å²) in [6.45, 7) is 3.40. The lowest BCUT2D eigenvalue weighted by atomic mass is 9.94. The van der Waals surface area contributed by atoms with Crippen LogP contribution in [-0.4, -0.2) is 46.5 Å². The lowest BCUT2D eigenvalue weighted by Gasteiger charge is -2.37. The second-order valence-electron chi connectivity index (χ2n) is 5.87. The molecule has 0 aromatic carbocycles. The summed E-state index contributed by atoms with van der Waals surface area (Å²) in [6, 6.07) is 0. The maximum absolute atomic E-state index is 13.5. The molecular weight excluding hydrogens is 298 g/mol. The Morgan fingerprint density at radius 3 is 2.95 bits per heavy atom. The molecule has 0 aliphatic carbocycles. The van der Waals surface area contributed by atoms with E-state index in [2.05, 4.69) is 18.8 Å². The molecule has 21 heavy (non-hydrogen) atoms. The molecule has 1 aliphatic rings. The maximum Gasteiger partial charge on any atom is 0.273 e. The first kappa shape index (κ1) is 16.3. The van der Waals surface area contributed by atoms with E-state index in [4.69, 9.17) is 5.11 Å². The molecule has 2 rings (SSSR count). The Balaban J connectivity index is 2.05. The molecule has 0 bridgehead atoms. The number of carbonyl (C=O) groups is 1. The van der Waals surface area contributed by atoms with Gasteiger partial charge in [-0.2, -0.15) is 0 Å². The molecule has 0 saturated carbocycles. The topological polar surface area (TPSA) is 53.4 Å². The molecule has 0 spiro atoms. The molecular formula is C14H20F2N2O2S. The normalized spacial score (nSPS) is 21.8. The predicted molar refractivity (Wildman–Crippen MR) is 76.7 cm³/mol. The summed E-state index contributed by atoms with van der Waals surface area (Å²) in [5.41, 5.74) is 0.317. The second-order valence-corrected chi connectivity index (χ2v) is 6.81. The Labute approximate surface area is 126 Å². The number of aromatic nitrogens is 1. The number of nitrogens with zero attached hydrogens (tertiary/aromatic N) is 2. The molecule has 1 aromatic heterocycles. The summed E-state index contributed by atoms with van der Waals surface area (Å²) in [4.78, 5) is 18.0. The van der Waals surface area contributed by atoms with Gasteiger partial charge in [-0.25, -0.2) is 13.8 Å². The Kier molecular flexibility index (Phi) is 4.93. The van der Waals surface area contributed by atoms with Crippen LogP contribution in [-0.2, 0) is 6.42 Å². The van der Waals surface area contributed by atoms with E-state index in [1.54, 1.807) is 5.38 Å². The molecule has 1 aromatic rings. The summed E-state index contributed by atoms with van der Waals surface area (Å²) < 4.78 is 27.1. The fourth-order valence-electron chi connectivity index (χ4n) is 2.37. The zero-order valence-electron chi connectivity index (χ0n) is 12.2. The molecule has 1 atom stereocenters. The van der Waals surface area contributed by atoms with E-state index in [9.17, 15) is 13.6 Å². The standard InChI is InChI=1S/C14H20F2N2O2S/c1-9(2)5-12-17-11(8-21-12)13(20)18-4-3-14(15,16)10(6-18)7-19/h8-10,19H,3-7H2,1-2H3. The minimum atomic E-state index is -2.91. The van der Waals surface area contributed by atoms with Gasteiger partial charge in [0.25, 0.3) is 11.8 Å². The molecule has 1 fully saturated rings. The van der Waals surface area contributed by atoms with E-state index in [0.29, 0.717) is 11.6 Å². The predicted octanol–water partition coefficient (Wildman–Crippen LogP) is 2.43. The van der Waals surface area contributed by atoms with Gasteiger partial charge in [0.05, 0.1) is 17.5 Å². The van der Waals surface area contributed by atoms with Crippen LogP contribution >= 0.6 is 11.3 Å². The molecule has 1 saturated heterocycles. The first-order chi connectivity index (χ1) is 9.83. The highest BCUT2D eigenvalue weighted by Crippen LogP contribution is 2.33. The SMILES string of the molecule is CC(C)Cc1nc(C(=O)N2CCC(F)(F)C(CO)C2)cs1. The van der Waals surface area contributed by atoms with Crippen LogP contribution in [0.25, 0.3) is 0 Å². The van der Waals surface area contributed by atoms with Gasteiger partial charge in [0.1, 0.15) is 5.69 Å². The number of halogens is 2. The largest absolute Gasteiger partial charge is 0.396 e. The van der Waals surface area contributed by atoms with Crippen LogP contribution in [0.4, 0.5) is 8.78 Å². The van der Waals surface area contributed by atoms with Crippen molar-refractivity contribution in [3.63, 3.8) is 0 Å². The number of aliphatic hydroxyl groups excluding tert-OH is 1. The van der Waals surface area contributed by atoms with Crippen molar-refractivity contribution >= 4 is 17.2 Å². The molecule has 0 radical (unpaired) electrons. The summed E-state index contributed by atoms with van der Waals surface area (Å²) in [5, 5.41) is 11.6. The quantitative estimate of drug-likeness (QED) is 0.927. The van der Waals surface area contributed by atoms with Crippen LogP contribution in [0, 0.1) is 11.8 Å². The van der Waals surface area contributed by atoms with Gasteiger partial charge in [-0.1, -0.05) is 13.8 Å². The lowest BCUT2D eigenvalue weighted by Crippen LogP contribution is -2.50. The molecule has 1 amide bonds. The third-order valence-electron chi connectivity index (χ3n) is 3.61. The van der Waals surface area contributed by atoms with Gasteiger partial charge in [0.2, 0.25) is 0 Å². The highest BCUT2D eigenvalue weighted by Gasteiger charge is 2.44. The van der Waals surface area contributed by atoms with Crippen molar-refractivity contribution in [3.8, 4) is 0 Å². The molecule has 118 valence electrons. The van der Waals surface area contributed by atoms with Gasteiger partial charge in [-0.3, -0.25) is 4.79 Å². The first-order valence-electron chi connectivity index (χ1n) is 7.06. The Bertz CT molecular complexity index is 505. The van der Waals surface area contributed by atoms with Crippen molar-refractivity contribution < 1.29 is 18.7 Å². The number of hydrogen-bond donors (Lipinski definition) is 1. The van der Waals surface area contributed by atoms with Crippen molar-refractivity contribution in [1.82, 2.24) is 9.88 Å². The van der Waals surface area contributed by atoms with Crippen LogP contribution in [0.5, 0.6) is 0 Å². The minimum Gasteiger partial charge on any atom is -0.396 e. The summed E-state index contributed by atoms with van der Waals surface area (Å²) in [6.07, 6.45) is 0.391. The van der Waals surface area contributed by atoms with Crippen LogP contribution in [0.15, 0.2) is 5.38 Å². The van der Waals surface area contributed by atoms with Crippen LogP contribution < -0.4 is 0 Å². The fourth-order valence-corrected chi connectivity index (χ4v) is 3.35. The first-order valence-corrected chi connectivity index (χ1v) is 7.93. The van der Waals surface area contributed by atoms with E-state index >= 15 is 0 Å². The summed E-state index contributed by atoms with van der Waals surface area (Å²) >= 11 is 1.42. The molecule has 1 aliphatic heterocycles. The van der Waals surface area contributed by atoms with Crippen LogP contribution in [0.2, 0.25) is 0 Å². The van der Waals surface area contributed by atoms with E-state index in [0.717, 1.165) is 11.4 Å². The molecule has 7 heteroatoms. The lowest BCUT2D eigenvalue weighted by molar-refractivity contribution is -0.113. The zero-order chi connectivity index (χ0) is 15.6. The van der Waals surface area contributed by atoms with Gasteiger partial charge in [-0.05, 0) is 5.92 Å². The summed E-state index contributed by atoms with van der Waals surface area (Å²) in [7, 11) is 0. The third-order valence-corrected chi connectivity index (χ3v) is 4.49. The number of rotatable bonds is 4. The van der Waals surface area contributed by atoms with Crippen molar-refractivity contribution in [3.05, 3.63) is 16.1 Å². The number of likely N-dealkylation sites (tertiary alicyclic amines) is 1. The van der Waals surface area contributed by atoms with E-state index in [-0.39, 0.29) is 19.0 Å². The Morgan fingerprint density at radius 2 is 2.33 bits per heavy atom. The summed E-state index contributed by atoms with van der Waals surface area (Å²) in [5.74, 6) is -3.97. The smallest absolute Gasteiger partial charge is 0.273 e. The van der Waals surface area contributed by atoms with Gasteiger partial charge in [-0.15, -0.1) is 11.3 Å². The molecule has 4 nitrogen and oxygen atoms in total.